The number of aryl methyl sites for hydroxylation is 1. The molecule has 1 fully saturated rings. The van der Waals surface area contributed by atoms with E-state index in [9.17, 15) is 4.79 Å². The number of ketones is 1. The van der Waals surface area contributed by atoms with Crippen molar-refractivity contribution in [2.75, 3.05) is 6.54 Å². The fourth-order valence-corrected chi connectivity index (χ4v) is 8.65. The first-order chi connectivity index (χ1) is 18.1. The summed E-state index contributed by atoms with van der Waals surface area (Å²) in [6.07, 6.45) is 2.92. The third-order valence-corrected chi connectivity index (χ3v) is 9.75. The molecule has 2 heteroatoms. The van der Waals surface area contributed by atoms with Crippen LogP contribution in [0.2, 0.25) is 0 Å². The van der Waals surface area contributed by atoms with Crippen molar-refractivity contribution in [1.29, 1.82) is 0 Å². The first kappa shape index (κ1) is 22.7. The molecule has 0 radical (unpaired) electrons. The van der Waals surface area contributed by atoms with E-state index in [-0.39, 0.29) is 28.7 Å². The van der Waals surface area contributed by atoms with Gasteiger partial charge >= 0.3 is 0 Å². The fourth-order valence-electron chi connectivity index (χ4n) is 8.65. The molecule has 3 atom stereocenters. The molecule has 1 saturated heterocycles. The molecule has 7 rings (SSSR count). The van der Waals surface area contributed by atoms with Gasteiger partial charge in [0.1, 0.15) is 5.78 Å². The number of nitrogens with zero attached hydrogens (tertiary/aromatic N) is 1. The van der Waals surface area contributed by atoms with Crippen LogP contribution < -0.4 is 0 Å². The Bertz CT molecular complexity index is 1460. The Morgan fingerprint density at radius 2 is 1.35 bits per heavy atom. The minimum absolute atomic E-state index is 0.122. The van der Waals surface area contributed by atoms with Gasteiger partial charge in [0.25, 0.3) is 0 Å². The van der Waals surface area contributed by atoms with Crippen molar-refractivity contribution in [3.8, 4) is 11.1 Å². The summed E-state index contributed by atoms with van der Waals surface area (Å²) in [5, 5.41) is 0. The highest BCUT2D eigenvalue weighted by molar-refractivity contribution is 5.88. The maximum atomic E-state index is 13.6. The SMILES string of the molecule is CC(=O)C1[C@@H](C)C2(c3ccccc3-c3ccccc32)[C@@]2(CCc3ccccc3)c3ccccc3CCN12. The summed E-state index contributed by atoms with van der Waals surface area (Å²) in [7, 11) is 0. The van der Waals surface area contributed by atoms with E-state index in [1.54, 1.807) is 0 Å². The van der Waals surface area contributed by atoms with Crippen LogP contribution in [0.25, 0.3) is 11.1 Å². The van der Waals surface area contributed by atoms with Crippen molar-refractivity contribution < 1.29 is 4.79 Å². The van der Waals surface area contributed by atoms with Crippen LogP contribution >= 0.6 is 0 Å². The van der Waals surface area contributed by atoms with Crippen molar-refractivity contribution in [3.05, 3.63) is 131 Å². The number of benzene rings is 4. The van der Waals surface area contributed by atoms with Gasteiger partial charge in [-0.2, -0.15) is 0 Å². The van der Waals surface area contributed by atoms with Crippen LogP contribution in [0, 0.1) is 5.92 Å². The van der Waals surface area contributed by atoms with E-state index in [2.05, 4.69) is 115 Å². The Morgan fingerprint density at radius 3 is 2.00 bits per heavy atom. The quantitative estimate of drug-likeness (QED) is 0.313. The topological polar surface area (TPSA) is 20.3 Å². The number of fused-ring (bicyclic) bond motifs is 9. The molecule has 0 bridgehead atoms. The average Bonchev–Trinajstić information content (AvgIpc) is 3.37. The van der Waals surface area contributed by atoms with E-state index in [4.69, 9.17) is 0 Å². The molecule has 0 saturated carbocycles. The lowest BCUT2D eigenvalue weighted by Crippen LogP contribution is -2.58. The van der Waals surface area contributed by atoms with Gasteiger partial charge in [-0.05, 0) is 71.0 Å². The maximum absolute atomic E-state index is 13.6. The average molecular weight is 484 g/mol. The molecule has 0 aromatic heterocycles. The van der Waals surface area contributed by atoms with Gasteiger partial charge in [0.2, 0.25) is 0 Å². The lowest BCUT2D eigenvalue weighted by molar-refractivity contribution is -0.123. The van der Waals surface area contributed by atoms with Crippen LogP contribution in [-0.4, -0.2) is 23.3 Å². The molecule has 37 heavy (non-hydrogen) atoms. The van der Waals surface area contributed by atoms with Crippen molar-refractivity contribution in [3.63, 3.8) is 0 Å². The minimum Gasteiger partial charge on any atom is -0.298 e. The second-order valence-electron chi connectivity index (χ2n) is 11.2. The second kappa shape index (κ2) is 8.26. The summed E-state index contributed by atoms with van der Waals surface area (Å²) in [5.74, 6) is 0.423. The minimum atomic E-state index is -0.323. The van der Waals surface area contributed by atoms with Crippen LogP contribution in [0.4, 0.5) is 0 Å². The number of carbonyl (C=O) groups excluding carboxylic acids is 1. The predicted octanol–water partition coefficient (Wildman–Crippen LogP) is 6.95. The van der Waals surface area contributed by atoms with Gasteiger partial charge < -0.3 is 0 Å². The first-order valence-corrected chi connectivity index (χ1v) is 13.7. The van der Waals surface area contributed by atoms with Gasteiger partial charge in [-0.25, -0.2) is 0 Å². The number of carbonyl (C=O) groups is 1. The Labute approximate surface area is 220 Å². The molecule has 2 nitrogen and oxygen atoms in total. The molecule has 1 aliphatic carbocycles. The van der Waals surface area contributed by atoms with E-state index in [0.29, 0.717) is 0 Å². The van der Waals surface area contributed by atoms with Gasteiger partial charge in [-0.15, -0.1) is 0 Å². The molecule has 2 aliphatic heterocycles. The van der Waals surface area contributed by atoms with E-state index in [0.717, 1.165) is 25.8 Å². The van der Waals surface area contributed by atoms with Crippen molar-refractivity contribution in [2.45, 2.75) is 50.1 Å². The third kappa shape index (κ3) is 2.82. The first-order valence-electron chi connectivity index (χ1n) is 13.7. The number of hydrogen-bond acceptors (Lipinski definition) is 2. The Hall–Kier alpha value is -3.49. The van der Waals surface area contributed by atoms with Gasteiger partial charge in [-0.3, -0.25) is 9.69 Å². The predicted molar refractivity (Wildman–Crippen MR) is 150 cm³/mol. The van der Waals surface area contributed by atoms with Crippen LogP contribution in [0.1, 0.15) is 48.1 Å². The zero-order valence-corrected chi connectivity index (χ0v) is 21.7. The zero-order valence-electron chi connectivity index (χ0n) is 21.7. The summed E-state index contributed by atoms with van der Waals surface area (Å²) in [6.45, 7) is 5.08. The normalized spacial score (nSPS) is 24.8. The lowest BCUT2D eigenvalue weighted by atomic mass is 9.54. The molecule has 0 amide bonds. The highest BCUT2D eigenvalue weighted by Crippen LogP contribution is 2.69. The Morgan fingerprint density at radius 1 is 0.784 bits per heavy atom. The molecule has 3 aliphatic rings. The molecule has 184 valence electrons. The Kier molecular flexibility index (Phi) is 5.07. The third-order valence-electron chi connectivity index (χ3n) is 9.75. The molecule has 1 spiro atoms. The van der Waals surface area contributed by atoms with E-state index in [1.165, 1.54) is 38.9 Å². The van der Waals surface area contributed by atoms with E-state index >= 15 is 0 Å². The number of Topliss-reactive ketones (excluding diaryl/α,β-unsaturated/α-hetero) is 1. The molecular weight excluding hydrogens is 450 g/mol. The molecule has 4 aromatic carbocycles. The molecule has 1 unspecified atom stereocenters. The number of hydrogen-bond donors (Lipinski definition) is 0. The summed E-state index contributed by atoms with van der Waals surface area (Å²) < 4.78 is 0. The molecule has 0 N–H and O–H groups in total. The fraction of sp³-hybridized carbons (Fsp3) is 0.286. The standard InChI is InChI=1S/C35H33NO/c1-24-33(25(2)37)36-23-21-27-14-6-9-17-30(27)34(36,22-20-26-12-4-3-5-13-26)35(24)31-18-10-7-15-28(31)29-16-8-11-19-32(29)35/h3-19,24,33H,20-23H2,1-2H3/t24-,33?,34-/m1/s1. The van der Waals surface area contributed by atoms with Gasteiger partial charge in [-0.1, -0.05) is 110 Å². The summed E-state index contributed by atoms with van der Waals surface area (Å²) in [4.78, 5) is 16.2. The van der Waals surface area contributed by atoms with Crippen LogP contribution in [0.3, 0.4) is 0 Å². The summed E-state index contributed by atoms with van der Waals surface area (Å²) in [6, 6.07) is 37.9. The molecule has 4 aromatic rings. The zero-order chi connectivity index (χ0) is 25.2. The second-order valence-corrected chi connectivity index (χ2v) is 11.2. The highest BCUT2D eigenvalue weighted by atomic mass is 16.1. The van der Waals surface area contributed by atoms with E-state index < -0.39 is 0 Å². The summed E-state index contributed by atoms with van der Waals surface area (Å²) in [5.41, 5.74) is 9.01. The maximum Gasteiger partial charge on any atom is 0.147 e. The number of rotatable bonds is 4. The molecular formula is C35H33NO. The summed E-state index contributed by atoms with van der Waals surface area (Å²) >= 11 is 0. The van der Waals surface area contributed by atoms with Crippen molar-refractivity contribution in [1.82, 2.24) is 4.90 Å². The van der Waals surface area contributed by atoms with Gasteiger partial charge in [0.05, 0.1) is 11.6 Å². The molecule has 2 heterocycles. The largest absolute Gasteiger partial charge is 0.298 e. The van der Waals surface area contributed by atoms with Crippen LogP contribution in [-0.2, 0) is 28.6 Å². The lowest BCUT2D eigenvalue weighted by Gasteiger charge is -2.54. The van der Waals surface area contributed by atoms with Gasteiger partial charge in [0.15, 0.2) is 0 Å². The van der Waals surface area contributed by atoms with Gasteiger partial charge in [0, 0.05) is 12.0 Å². The highest BCUT2D eigenvalue weighted by Gasteiger charge is 2.71. The van der Waals surface area contributed by atoms with E-state index in [1.807, 2.05) is 6.92 Å². The smallest absolute Gasteiger partial charge is 0.147 e. The van der Waals surface area contributed by atoms with Crippen LogP contribution in [0.5, 0.6) is 0 Å². The van der Waals surface area contributed by atoms with Crippen molar-refractivity contribution >= 4 is 5.78 Å². The van der Waals surface area contributed by atoms with Crippen molar-refractivity contribution in [2.24, 2.45) is 5.92 Å². The monoisotopic (exact) mass is 483 g/mol. The van der Waals surface area contributed by atoms with Crippen LogP contribution in [0.15, 0.2) is 103 Å². The Balaban J connectivity index is 1.60.